The Labute approximate surface area is 171 Å². The maximum absolute atomic E-state index is 14.8. The van der Waals surface area contributed by atoms with E-state index < -0.39 is 34.8 Å². The zero-order valence-electron chi connectivity index (χ0n) is 14.4. The molecule has 1 aromatic carbocycles. The number of nitrogens with one attached hydrogen (secondary N) is 2. The molecule has 2 aromatic rings. The van der Waals surface area contributed by atoms with Gasteiger partial charge in [-0.05, 0) is 50.5 Å². The summed E-state index contributed by atoms with van der Waals surface area (Å²) in [6.45, 7) is -0.931. The highest BCUT2D eigenvalue weighted by Crippen LogP contribution is 2.26. The van der Waals surface area contributed by atoms with Crippen LogP contribution < -0.4 is 15.9 Å². The predicted molar refractivity (Wildman–Crippen MR) is 101 cm³/mol. The molecule has 0 radical (unpaired) electrons. The number of nitrogens with two attached hydrogens (primary N) is 1. The summed E-state index contributed by atoms with van der Waals surface area (Å²) in [4.78, 5) is 4.07. The molecule has 0 fully saturated rings. The lowest BCUT2D eigenvalue weighted by atomic mass is 10.1. The number of halogens is 3. The number of aliphatic imine (C=N–C) groups is 1. The third kappa shape index (κ3) is 4.87. The summed E-state index contributed by atoms with van der Waals surface area (Å²) in [5.41, 5.74) is -0.0944. The van der Waals surface area contributed by atoms with Crippen LogP contribution >= 0.6 is 15.9 Å². The highest BCUT2D eigenvalue weighted by molar-refractivity contribution is 9.10. The summed E-state index contributed by atoms with van der Waals surface area (Å²) in [6, 6.07) is 3.86. The molecular weight excluding hydrogens is 480 g/mol. The normalized spacial score (nSPS) is 19.6. The van der Waals surface area contributed by atoms with Crippen LogP contribution in [0.15, 0.2) is 44.6 Å². The Kier molecular flexibility index (Phi) is 5.83. The maximum atomic E-state index is 14.8. The molecule has 1 aromatic heterocycles. The van der Waals surface area contributed by atoms with Crippen molar-refractivity contribution in [2.75, 3.05) is 18.4 Å². The molecule has 156 valence electrons. The third-order valence-electron chi connectivity index (χ3n) is 3.80. The smallest absolute Gasteiger partial charge is 0.298 e. The third-order valence-corrected chi connectivity index (χ3v) is 5.31. The maximum Gasteiger partial charge on any atom is 0.298 e. The van der Waals surface area contributed by atoms with Gasteiger partial charge in [0.15, 0.2) is 17.2 Å². The molecule has 1 aliphatic rings. The first-order chi connectivity index (χ1) is 13.6. The van der Waals surface area contributed by atoms with Crippen LogP contribution in [0.1, 0.15) is 5.69 Å². The van der Waals surface area contributed by atoms with Crippen molar-refractivity contribution in [1.29, 1.82) is 0 Å². The minimum absolute atomic E-state index is 0.0778. The SMILES string of the molecule is NS(=O)(=O)N1C=C[C@@](F)(CNc2nonc2C(=Nc2ccc(F)c(Br)c2)NO)C1. The van der Waals surface area contributed by atoms with Gasteiger partial charge in [0.05, 0.1) is 23.2 Å². The zero-order valence-corrected chi connectivity index (χ0v) is 16.8. The van der Waals surface area contributed by atoms with E-state index >= 15 is 0 Å². The van der Waals surface area contributed by atoms with Crippen LogP contribution in [-0.4, -0.2) is 52.8 Å². The lowest BCUT2D eigenvalue weighted by Crippen LogP contribution is -2.41. The molecule has 3 rings (SSSR count). The zero-order chi connectivity index (χ0) is 21.2. The van der Waals surface area contributed by atoms with Crippen molar-refractivity contribution in [3.8, 4) is 0 Å². The molecule has 1 atom stereocenters. The lowest BCUT2D eigenvalue weighted by Gasteiger charge is -2.21. The van der Waals surface area contributed by atoms with Gasteiger partial charge in [-0.25, -0.2) is 23.5 Å². The standard InChI is InChI=1S/C14H14BrF2N7O4S/c15-9-5-8(1-2-10(9)16)20-13(21-25)11-12(23-28-22-11)19-6-14(17)3-4-24(7-14)29(18,26)27/h1-5,25H,6-7H2,(H,19,23)(H,20,21)(H2,18,26,27)/t14-/m1/s1. The lowest BCUT2D eigenvalue weighted by molar-refractivity contribution is 0.234. The summed E-state index contributed by atoms with van der Waals surface area (Å²) in [5.74, 6) is -0.793. The van der Waals surface area contributed by atoms with Crippen LogP contribution in [-0.2, 0) is 10.2 Å². The van der Waals surface area contributed by atoms with Gasteiger partial charge in [-0.15, -0.1) is 0 Å². The molecule has 0 unspecified atom stereocenters. The average Bonchev–Trinajstić information content (AvgIpc) is 3.28. The number of hydroxylamine groups is 1. The van der Waals surface area contributed by atoms with Gasteiger partial charge in [0, 0.05) is 6.20 Å². The largest absolute Gasteiger partial charge is 0.362 e. The van der Waals surface area contributed by atoms with Crippen molar-refractivity contribution >= 4 is 43.5 Å². The number of rotatable bonds is 6. The molecular formula is C14H14BrF2N7O4S. The van der Waals surface area contributed by atoms with Crippen LogP contribution in [0.5, 0.6) is 0 Å². The quantitative estimate of drug-likeness (QED) is 0.265. The fourth-order valence-corrected chi connectivity index (χ4v) is 3.37. The topological polar surface area (TPSA) is 159 Å². The van der Waals surface area contributed by atoms with Gasteiger partial charge in [0.1, 0.15) is 5.82 Å². The van der Waals surface area contributed by atoms with Crippen LogP contribution in [0.2, 0.25) is 0 Å². The van der Waals surface area contributed by atoms with Gasteiger partial charge in [-0.2, -0.15) is 8.42 Å². The first-order valence-corrected chi connectivity index (χ1v) is 10.1. The van der Waals surface area contributed by atoms with E-state index in [4.69, 9.17) is 5.14 Å². The molecule has 0 spiro atoms. The Balaban J connectivity index is 1.77. The number of hydrogen-bond acceptors (Lipinski definition) is 8. The Morgan fingerprint density at radius 3 is 2.86 bits per heavy atom. The molecule has 29 heavy (non-hydrogen) atoms. The molecule has 11 nitrogen and oxygen atoms in total. The fraction of sp³-hybridized carbons (Fsp3) is 0.214. The molecule has 1 aliphatic heterocycles. The minimum atomic E-state index is -4.07. The van der Waals surface area contributed by atoms with E-state index in [0.29, 0.717) is 4.31 Å². The van der Waals surface area contributed by atoms with Crippen molar-refractivity contribution in [3.05, 3.63) is 46.5 Å². The van der Waals surface area contributed by atoms with Crippen LogP contribution in [0.3, 0.4) is 0 Å². The Morgan fingerprint density at radius 2 is 2.24 bits per heavy atom. The van der Waals surface area contributed by atoms with Gasteiger partial charge in [0.2, 0.25) is 5.82 Å². The molecule has 0 saturated carbocycles. The molecule has 0 aliphatic carbocycles. The highest BCUT2D eigenvalue weighted by Gasteiger charge is 2.37. The van der Waals surface area contributed by atoms with Gasteiger partial charge in [-0.1, -0.05) is 0 Å². The molecule has 2 heterocycles. The van der Waals surface area contributed by atoms with E-state index in [1.54, 1.807) is 0 Å². The molecule has 15 heteroatoms. The van der Waals surface area contributed by atoms with E-state index in [-0.39, 0.29) is 27.5 Å². The van der Waals surface area contributed by atoms with Gasteiger partial charge >= 0.3 is 0 Å². The second-order valence-corrected chi connectivity index (χ2v) is 8.28. The van der Waals surface area contributed by atoms with Crippen molar-refractivity contribution in [2.24, 2.45) is 10.1 Å². The summed E-state index contributed by atoms with van der Waals surface area (Å²) in [6.07, 6.45) is 2.06. The summed E-state index contributed by atoms with van der Waals surface area (Å²) >= 11 is 3.02. The van der Waals surface area contributed by atoms with Gasteiger partial charge in [-0.3, -0.25) is 15.0 Å². The van der Waals surface area contributed by atoms with E-state index in [1.165, 1.54) is 12.1 Å². The number of hydrogen-bond donors (Lipinski definition) is 4. The molecule has 5 N–H and O–H groups in total. The Bertz CT molecular complexity index is 1080. The Hall–Kier alpha value is -2.62. The fourth-order valence-electron chi connectivity index (χ4n) is 2.38. The number of anilines is 1. The summed E-state index contributed by atoms with van der Waals surface area (Å²) in [5, 5.41) is 24.1. The monoisotopic (exact) mass is 493 g/mol. The molecule has 0 amide bonds. The van der Waals surface area contributed by atoms with E-state index in [9.17, 15) is 22.4 Å². The van der Waals surface area contributed by atoms with Gasteiger partial charge < -0.3 is 5.32 Å². The number of aromatic nitrogens is 2. The first-order valence-electron chi connectivity index (χ1n) is 7.80. The van der Waals surface area contributed by atoms with Crippen molar-refractivity contribution < 1.29 is 27.0 Å². The van der Waals surface area contributed by atoms with Crippen LogP contribution in [0, 0.1) is 5.82 Å². The van der Waals surface area contributed by atoms with Crippen molar-refractivity contribution in [3.63, 3.8) is 0 Å². The van der Waals surface area contributed by atoms with Crippen LogP contribution in [0.4, 0.5) is 20.3 Å². The second-order valence-electron chi connectivity index (χ2n) is 5.93. The molecule has 0 bridgehead atoms. The summed E-state index contributed by atoms with van der Waals surface area (Å²) in [7, 11) is -4.07. The van der Waals surface area contributed by atoms with Crippen LogP contribution in [0.25, 0.3) is 0 Å². The summed E-state index contributed by atoms with van der Waals surface area (Å²) < 4.78 is 56.2. The van der Waals surface area contributed by atoms with E-state index in [2.05, 4.69) is 41.2 Å². The number of nitrogens with zero attached hydrogens (tertiary/aromatic N) is 4. The number of benzene rings is 1. The highest BCUT2D eigenvalue weighted by atomic mass is 79.9. The van der Waals surface area contributed by atoms with E-state index in [0.717, 1.165) is 18.3 Å². The number of amidine groups is 1. The minimum Gasteiger partial charge on any atom is -0.362 e. The van der Waals surface area contributed by atoms with Crippen molar-refractivity contribution in [1.82, 2.24) is 20.1 Å². The predicted octanol–water partition coefficient (Wildman–Crippen LogP) is 1.18. The molecule has 0 saturated heterocycles. The number of alkyl halides is 1. The van der Waals surface area contributed by atoms with E-state index in [1.807, 2.05) is 5.48 Å². The average molecular weight is 494 g/mol. The first kappa shape index (κ1) is 21.1. The Morgan fingerprint density at radius 1 is 1.48 bits per heavy atom. The second kappa shape index (κ2) is 8.02. The van der Waals surface area contributed by atoms with Gasteiger partial charge in [0.25, 0.3) is 10.2 Å². The van der Waals surface area contributed by atoms with Crippen molar-refractivity contribution in [2.45, 2.75) is 5.67 Å².